The zero-order chi connectivity index (χ0) is 47.1. The first-order valence-corrected chi connectivity index (χ1v) is 27.5. The zero-order valence-corrected chi connectivity index (χ0v) is 42.9. The number of hydrogen-bond donors (Lipinski definition) is 1. The monoisotopic (exact) mass is 921 g/mol. The van der Waals surface area contributed by atoms with Crippen molar-refractivity contribution in [3.05, 3.63) is 60.8 Å². The number of hydrogen-bond acceptors (Lipinski definition) is 7. The minimum Gasteiger partial charge on any atom is -0.462 e. The molecule has 0 aliphatic rings. The summed E-state index contributed by atoms with van der Waals surface area (Å²) in [5.41, 5.74) is 0. The van der Waals surface area contributed by atoms with Gasteiger partial charge < -0.3 is 18.9 Å². The van der Waals surface area contributed by atoms with Crippen molar-refractivity contribution < 1.29 is 42.1 Å². The number of allylic oxidation sites excluding steroid dienone is 10. The highest BCUT2D eigenvalue weighted by Gasteiger charge is 2.27. The van der Waals surface area contributed by atoms with Gasteiger partial charge in [0.05, 0.1) is 27.7 Å². The van der Waals surface area contributed by atoms with Crippen LogP contribution in [0.25, 0.3) is 0 Å². The number of carbonyl (C=O) groups excluding carboxylic acids is 2. The summed E-state index contributed by atoms with van der Waals surface area (Å²) in [6.07, 6.45) is 57.0. The fraction of sp³-hybridized carbons (Fsp3) is 0.778. The molecule has 0 heterocycles. The van der Waals surface area contributed by atoms with Crippen molar-refractivity contribution >= 4 is 19.8 Å². The van der Waals surface area contributed by atoms with Crippen LogP contribution in [-0.4, -0.2) is 74.9 Å². The number of quaternary nitrogens is 1. The molecule has 372 valence electrons. The molecule has 9 nitrogen and oxygen atoms in total. The van der Waals surface area contributed by atoms with Crippen molar-refractivity contribution in [1.82, 2.24) is 0 Å². The number of phosphoric ester groups is 1. The van der Waals surface area contributed by atoms with Crippen molar-refractivity contribution in [2.75, 3.05) is 47.5 Å². The van der Waals surface area contributed by atoms with Gasteiger partial charge in [0.2, 0.25) is 0 Å². The number of phosphoric acid groups is 1. The molecule has 10 heteroatoms. The van der Waals surface area contributed by atoms with Crippen molar-refractivity contribution in [1.29, 1.82) is 0 Å². The molecule has 0 aromatic rings. The highest BCUT2D eigenvalue weighted by atomic mass is 31.2. The van der Waals surface area contributed by atoms with Gasteiger partial charge in [-0.15, -0.1) is 0 Å². The lowest BCUT2D eigenvalue weighted by molar-refractivity contribution is -0.870. The Bertz CT molecular complexity index is 1270. The van der Waals surface area contributed by atoms with E-state index in [1.165, 1.54) is 109 Å². The van der Waals surface area contributed by atoms with E-state index < -0.39 is 26.5 Å². The summed E-state index contributed by atoms with van der Waals surface area (Å²) in [7, 11) is 1.47. The largest absolute Gasteiger partial charge is 0.472 e. The Balaban J connectivity index is 4.23. The van der Waals surface area contributed by atoms with Crippen molar-refractivity contribution in [3.63, 3.8) is 0 Å². The Morgan fingerprint density at radius 1 is 0.500 bits per heavy atom. The summed E-state index contributed by atoms with van der Waals surface area (Å²) in [6.45, 7) is 4.32. The Hall–Kier alpha value is -2.29. The smallest absolute Gasteiger partial charge is 0.462 e. The van der Waals surface area contributed by atoms with E-state index in [4.69, 9.17) is 18.5 Å². The second kappa shape index (κ2) is 45.8. The minimum atomic E-state index is -4.38. The number of unbranched alkanes of at least 4 members (excludes halogenated alkanes) is 23. The number of carbonyl (C=O) groups is 2. The number of esters is 2. The average molecular weight is 921 g/mol. The van der Waals surface area contributed by atoms with Crippen LogP contribution < -0.4 is 0 Å². The first-order valence-electron chi connectivity index (χ1n) is 26.0. The first kappa shape index (κ1) is 61.7. The van der Waals surface area contributed by atoms with Gasteiger partial charge in [-0.05, 0) is 57.8 Å². The van der Waals surface area contributed by atoms with Crippen LogP contribution in [0.4, 0.5) is 0 Å². The Morgan fingerprint density at radius 2 is 0.891 bits per heavy atom. The molecule has 2 atom stereocenters. The number of ether oxygens (including phenoxy) is 2. The maximum absolute atomic E-state index is 12.8. The Labute approximate surface area is 394 Å². The van der Waals surface area contributed by atoms with Crippen LogP contribution in [0.5, 0.6) is 0 Å². The molecule has 0 saturated carbocycles. The normalized spacial score (nSPS) is 13.9. The molecule has 0 saturated heterocycles. The molecule has 0 aromatic carbocycles. The summed E-state index contributed by atoms with van der Waals surface area (Å²) in [5.74, 6) is -0.800. The number of nitrogens with zero attached hydrogens (tertiary/aromatic N) is 1. The molecular formula is C54H99NO8P+. The van der Waals surface area contributed by atoms with Crippen LogP contribution in [-0.2, 0) is 32.7 Å². The number of rotatable bonds is 47. The van der Waals surface area contributed by atoms with Gasteiger partial charge in [0.15, 0.2) is 6.10 Å². The lowest BCUT2D eigenvalue weighted by Crippen LogP contribution is -2.37. The van der Waals surface area contributed by atoms with Gasteiger partial charge in [0.25, 0.3) is 0 Å². The van der Waals surface area contributed by atoms with Gasteiger partial charge in [-0.1, -0.05) is 209 Å². The quantitative estimate of drug-likeness (QED) is 0.0211. The standard InChI is InChI=1S/C54H98NO8P/c1-6-8-10-12-14-16-18-20-22-23-24-25-26-27-28-29-30-31-33-35-37-39-41-43-45-47-54(57)63-52(51-62-64(58,59)61-49-48-55(3,4)5)50-60-53(56)46-44-42-40-38-36-34-32-21-19-17-15-13-11-9-7-2/h8,10,14,16,20,22,24-25,27-28,52H,6-7,9,11-13,15,17-19,21,23,26,29-51H2,1-5H3/p+1/b10-8-,16-14-,22-20-,25-24-,28-27-. The van der Waals surface area contributed by atoms with Gasteiger partial charge >= 0.3 is 19.8 Å². The second-order valence-electron chi connectivity index (χ2n) is 18.5. The highest BCUT2D eigenvalue weighted by Crippen LogP contribution is 2.43. The van der Waals surface area contributed by atoms with Crippen LogP contribution in [0.3, 0.4) is 0 Å². The fourth-order valence-corrected chi connectivity index (χ4v) is 7.78. The van der Waals surface area contributed by atoms with E-state index in [0.29, 0.717) is 17.4 Å². The average Bonchev–Trinajstić information content (AvgIpc) is 3.25. The molecular weight excluding hydrogens is 822 g/mol. The Kier molecular flexibility index (Phi) is 44.2. The summed E-state index contributed by atoms with van der Waals surface area (Å²) in [5, 5.41) is 0. The first-order chi connectivity index (χ1) is 31.0. The lowest BCUT2D eigenvalue weighted by Gasteiger charge is -2.24. The zero-order valence-electron chi connectivity index (χ0n) is 42.0. The molecule has 0 spiro atoms. The van der Waals surface area contributed by atoms with Gasteiger partial charge in [0, 0.05) is 12.8 Å². The van der Waals surface area contributed by atoms with E-state index in [1.807, 2.05) is 21.1 Å². The van der Waals surface area contributed by atoms with Crippen LogP contribution in [0.2, 0.25) is 0 Å². The molecule has 0 rings (SSSR count). The molecule has 0 aliphatic carbocycles. The van der Waals surface area contributed by atoms with E-state index in [-0.39, 0.29) is 32.0 Å². The molecule has 0 fully saturated rings. The minimum absolute atomic E-state index is 0.0295. The third-order valence-corrected chi connectivity index (χ3v) is 12.0. The maximum atomic E-state index is 12.8. The van der Waals surface area contributed by atoms with E-state index in [1.54, 1.807) is 0 Å². The van der Waals surface area contributed by atoms with E-state index in [0.717, 1.165) is 77.0 Å². The summed E-state index contributed by atoms with van der Waals surface area (Å²) < 4.78 is 34.5. The fourth-order valence-electron chi connectivity index (χ4n) is 7.04. The van der Waals surface area contributed by atoms with Crippen molar-refractivity contribution in [3.8, 4) is 0 Å². The van der Waals surface area contributed by atoms with Gasteiger partial charge in [-0.25, -0.2) is 4.57 Å². The SMILES string of the molecule is CC/C=C\C/C=C\C/C=C\C/C=C\C/C=C\CCCCCCCCCCCC(=O)OC(COC(=O)CCCCCCCCCCCCCCCCC)COP(=O)(O)OCC[N+](C)(C)C. The Morgan fingerprint density at radius 3 is 1.33 bits per heavy atom. The predicted octanol–water partition coefficient (Wildman–Crippen LogP) is 15.6. The second-order valence-corrected chi connectivity index (χ2v) is 20.0. The van der Waals surface area contributed by atoms with Crippen molar-refractivity contribution in [2.24, 2.45) is 0 Å². The predicted molar refractivity (Wildman–Crippen MR) is 270 cm³/mol. The molecule has 0 radical (unpaired) electrons. The van der Waals surface area contributed by atoms with E-state index in [9.17, 15) is 19.0 Å². The molecule has 2 unspecified atom stereocenters. The van der Waals surface area contributed by atoms with Crippen molar-refractivity contribution in [2.45, 2.75) is 225 Å². The van der Waals surface area contributed by atoms with Gasteiger partial charge in [-0.2, -0.15) is 0 Å². The molecule has 1 N–H and O–H groups in total. The molecule has 0 amide bonds. The third kappa shape index (κ3) is 49.2. The molecule has 64 heavy (non-hydrogen) atoms. The topological polar surface area (TPSA) is 108 Å². The van der Waals surface area contributed by atoms with E-state index >= 15 is 0 Å². The van der Waals surface area contributed by atoms with Crippen LogP contribution in [0, 0.1) is 0 Å². The molecule has 0 aliphatic heterocycles. The lowest BCUT2D eigenvalue weighted by atomic mass is 10.0. The van der Waals surface area contributed by atoms with E-state index in [2.05, 4.69) is 74.6 Å². The van der Waals surface area contributed by atoms with Gasteiger partial charge in [-0.3, -0.25) is 18.6 Å². The molecule has 0 aromatic heterocycles. The highest BCUT2D eigenvalue weighted by molar-refractivity contribution is 7.47. The number of likely N-dealkylation sites (N-methyl/N-ethyl adjacent to an activating group) is 1. The maximum Gasteiger partial charge on any atom is 0.472 e. The van der Waals surface area contributed by atoms with Gasteiger partial charge in [0.1, 0.15) is 19.8 Å². The van der Waals surface area contributed by atoms with Crippen LogP contribution >= 0.6 is 7.82 Å². The summed E-state index contributed by atoms with van der Waals surface area (Å²) in [4.78, 5) is 35.5. The summed E-state index contributed by atoms with van der Waals surface area (Å²) >= 11 is 0. The molecule has 0 bridgehead atoms. The summed E-state index contributed by atoms with van der Waals surface area (Å²) in [6, 6.07) is 0. The van der Waals surface area contributed by atoms with Crippen LogP contribution in [0.15, 0.2) is 60.8 Å². The third-order valence-electron chi connectivity index (χ3n) is 11.1. The van der Waals surface area contributed by atoms with Crippen LogP contribution in [0.1, 0.15) is 219 Å².